The van der Waals surface area contributed by atoms with Crippen molar-refractivity contribution in [1.29, 1.82) is 0 Å². The van der Waals surface area contributed by atoms with E-state index in [2.05, 4.69) is 5.32 Å². The second-order valence-corrected chi connectivity index (χ2v) is 6.29. The molecule has 0 aliphatic carbocycles. The molecular weight excluding hydrogens is 366 g/mol. The van der Waals surface area contributed by atoms with Gasteiger partial charge in [0.15, 0.2) is 5.11 Å². The van der Waals surface area contributed by atoms with Crippen molar-refractivity contribution in [2.24, 2.45) is 0 Å². The van der Waals surface area contributed by atoms with Crippen LogP contribution in [0.3, 0.4) is 0 Å². The van der Waals surface area contributed by atoms with Gasteiger partial charge in [0.1, 0.15) is 12.1 Å². The lowest BCUT2D eigenvalue weighted by Gasteiger charge is -2.27. The number of esters is 1. The molecule has 2 aromatic rings. The van der Waals surface area contributed by atoms with Gasteiger partial charge in [0.2, 0.25) is 0 Å². The summed E-state index contributed by atoms with van der Waals surface area (Å²) in [7, 11) is 0. The topological polar surface area (TPSA) is 80.6 Å². The number of carbonyl (C=O) groups is 3. The minimum absolute atomic E-state index is 0.00416. The van der Waals surface area contributed by atoms with Gasteiger partial charge >= 0.3 is 5.97 Å². The lowest BCUT2D eigenvalue weighted by molar-refractivity contribution is -0.143. The molecule has 1 aliphatic heterocycles. The Hall–Kier alpha value is -3.00. The highest BCUT2D eigenvalue weighted by Gasteiger charge is 2.32. The Labute approximate surface area is 161 Å². The second-order valence-electron chi connectivity index (χ2n) is 5.90. The van der Waals surface area contributed by atoms with Crippen molar-refractivity contribution in [2.75, 3.05) is 13.2 Å². The molecule has 0 atom stereocenters. The van der Waals surface area contributed by atoms with E-state index in [0.29, 0.717) is 18.7 Å². The van der Waals surface area contributed by atoms with Crippen molar-refractivity contribution >= 4 is 52.1 Å². The minimum atomic E-state index is -0.531. The summed E-state index contributed by atoms with van der Waals surface area (Å²) in [5, 5.41) is 3.46. The number of carbonyl (C=O) groups excluding carboxylic acids is 3. The number of hydrogen-bond donors (Lipinski definition) is 1. The van der Waals surface area contributed by atoms with E-state index < -0.39 is 11.8 Å². The molecule has 0 bridgehead atoms. The van der Waals surface area contributed by atoms with Crippen LogP contribution in [0.4, 0.5) is 0 Å². The fourth-order valence-electron chi connectivity index (χ4n) is 3.00. The standard InChI is InChI=1S/C19H19N3O4S/c1-3-22-18(25)14(17(24)20-19(22)27)9-12-10-21(11-16(23)26-4-2)15-8-6-5-7-13(12)15/h5-10H,3-4,11H2,1-2H3,(H,20,24,27). The summed E-state index contributed by atoms with van der Waals surface area (Å²) >= 11 is 5.04. The summed E-state index contributed by atoms with van der Waals surface area (Å²) in [6.45, 7) is 4.24. The number of amides is 2. The molecule has 2 amide bonds. The van der Waals surface area contributed by atoms with Gasteiger partial charge in [-0.3, -0.25) is 24.6 Å². The SMILES string of the molecule is CCOC(=O)Cn1cc(C=C2C(=O)NC(=S)N(CC)C2=O)c2ccccc21. The molecule has 8 heteroatoms. The smallest absolute Gasteiger partial charge is 0.325 e. The average molecular weight is 385 g/mol. The predicted molar refractivity (Wildman–Crippen MR) is 105 cm³/mol. The summed E-state index contributed by atoms with van der Waals surface area (Å²) in [4.78, 5) is 38.1. The first kappa shape index (κ1) is 18.8. The van der Waals surface area contributed by atoms with Crippen molar-refractivity contribution < 1.29 is 19.1 Å². The summed E-state index contributed by atoms with van der Waals surface area (Å²) < 4.78 is 6.76. The van der Waals surface area contributed by atoms with E-state index in [-0.39, 0.29) is 23.2 Å². The number of likely N-dealkylation sites (N-methyl/N-ethyl adjacent to an activating group) is 1. The van der Waals surface area contributed by atoms with Gasteiger partial charge in [-0.1, -0.05) is 18.2 Å². The van der Waals surface area contributed by atoms with Gasteiger partial charge in [0.25, 0.3) is 11.8 Å². The lowest BCUT2D eigenvalue weighted by atomic mass is 10.1. The normalized spacial score (nSPS) is 16.1. The highest BCUT2D eigenvalue weighted by molar-refractivity contribution is 7.80. The molecular formula is C19H19N3O4S. The molecule has 0 saturated carbocycles. The van der Waals surface area contributed by atoms with Gasteiger partial charge in [-0.05, 0) is 38.2 Å². The minimum Gasteiger partial charge on any atom is -0.465 e. The molecule has 1 aromatic carbocycles. The maximum absolute atomic E-state index is 12.6. The zero-order valence-electron chi connectivity index (χ0n) is 15.0. The molecule has 7 nitrogen and oxygen atoms in total. The number of nitrogens with one attached hydrogen (secondary N) is 1. The molecule has 0 radical (unpaired) electrons. The number of rotatable bonds is 5. The first-order chi connectivity index (χ1) is 13.0. The molecule has 0 unspecified atom stereocenters. The highest BCUT2D eigenvalue weighted by Crippen LogP contribution is 2.25. The first-order valence-corrected chi connectivity index (χ1v) is 8.99. The first-order valence-electron chi connectivity index (χ1n) is 8.58. The lowest BCUT2D eigenvalue weighted by Crippen LogP contribution is -2.53. The number of fused-ring (bicyclic) bond motifs is 1. The molecule has 1 aliphatic rings. The highest BCUT2D eigenvalue weighted by atomic mass is 32.1. The van der Waals surface area contributed by atoms with Crippen LogP contribution in [0.25, 0.3) is 17.0 Å². The van der Waals surface area contributed by atoms with Crippen molar-refractivity contribution in [3.05, 3.63) is 41.6 Å². The average Bonchev–Trinajstić information content (AvgIpc) is 2.97. The number of nitrogens with zero attached hydrogens (tertiary/aromatic N) is 2. The molecule has 1 saturated heterocycles. The van der Waals surface area contributed by atoms with Crippen molar-refractivity contribution in [3.8, 4) is 0 Å². The molecule has 140 valence electrons. The monoisotopic (exact) mass is 385 g/mol. The van der Waals surface area contributed by atoms with E-state index >= 15 is 0 Å². The summed E-state index contributed by atoms with van der Waals surface area (Å²) in [6, 6.07) is 7.45. The van der Waals surface area contributed by atoms with Gasteiger partial charge in [0.05, 0.1) is 6.61 Å². The third-order valence-corrected chi connectivity index (χ3v) is 4.55. The molecule has 0 spiro atoms. The van der Waals surface area contributed by atoms with Crippen molar-refractivity contribution in [1.82, 2.24) is 14.8 Å². The Bertz CT molecular complexity index is 976. The van der Waals surface area contributed by atoms with E-state index in [0.717, 1.165) is 10.9 Å². The number of thiocarbonyl (C=S) groups is 1. The molecule has 27 heavy (non-hydrogen) atoms. The van der Waals surface area contributed by atoms with Gasteiger partial charge in [-0.2, -0.15) is 0 Å². The predicted octanol–water partition coefficient (Wildman–Crippen LogP) is 1.85. The zero-order chi connectivity index (χ0) is 19.6. The molecule has 2 heterocycles. The number of ether oxygens (including phenoxy) is 1. The van der Waals surface area contributed by atoms with Crippen LogP contribution in [0, 0.1) is 0 Å². The van der Waals surface area contributed by atoms with Crippen LogP contribution >= 0.6 is 12.2 Å². The van der Waals surface area contributed by atoms with E-state index in [1.807, 2.05) is 24.3 Å². The second kappa shape index (κ2) is 7.71. The van der Waals surface area contributed by atoms with Gasteiger partial charge in [-0.25, -0.2) is 0 Å². The van der Waals surface area contributed by atoms with Crippen LogP contribution < -0.4 is 5.32 Å². The largest absolute Gasteiger partial charge is 0.465 e. The maximum atomic E-state index is 12.6. The Balaban J connectivity index is 2.05. The van der Waals surface area contributed by atoms with E-state index in [1.54, 1.807) is 24.6 Å². The van der Waals surface area contributed by atoms with Crippen molar-refractivity contribution in [2.45, 2.75) is 20.4 Å². The molecule has 1 N–H and O–H groups in total. The van der Waals surface area contributed by atoms with E-state index in [1.165, 1.54) is 11.0 Å². The van der Waals surface area contributed by atoms with Crippen LogP contribution in [0.1, 0.15) is 19.4 Å². The summed E-state index contributed by atoms with van der Waals surface area (Å²) in [6.07, 6.45) is 3.27. The quantitative estimate of drug-likeness (QED) is 0.368. The third kappa shape index (κ3) is 3.61. The van der Waals surface area contributed by atoms with Crippen LogP contribution in [-0.4, -0.2) is 45.5 Å². The van der Waals surface area contributed by atoms with Gasteiger partial charge in [-0.15, -0.1) is 0 Å². The van der Waals surface area contributed by atoms with Crippen LogP contribution in [0.15, 0.2) is 36.0 Å². The van der Waals surface area contributed by atoms with E-state index in [9.17, 15) is 14.4 Å². The number of para-hydroxylation sites is 1. The van der Waals surface area contributed by atoms with E-state index in [4.69, 9.17) is 17.0 Å². The van der Waals surface area contributed by atoms with Gasteiger partial charge < -0.3 is 9.30 Å². The number of hydrogen-bond acceptors (Lipinski definition) is 5. The van der Waals surface area contributed by atoms with Crippen LogP contribution in [0.2, 0.25) is 0 Å². The van der Waals surface area contributed by atoms with Crippen LogP contribution in [0.5, 0.6) is 0 Å². The Morgan fingerprint density at radius 3 is 2.70 bits per heavy atom. The molecule has 1 fully saturated rings. The number of aromatic nitrogens is 1. The molecule has 1 aromatic heterocycles. The fourth-order valence-corrected chi connectivity index (χ4v) is 3.31. The summed E-state index contributed by atoms with van der Waals surface area (Å²) in [5.41, 5.74) is 1.48. The Morgan fingerprint density at radius 2 is 2.00 bits per heavy atom. The summed E-state index contributed by atoms with van der Waals surface area (Å²) in [5.74, 6) is -1.32. The molecule has 3 rings (SSSR count). The van der Waals surface area contributed by atoms with Crippen LogP contribution in [-0.2, 0) is 25.7 Å². The number of benzene rings is 1. The van der Waals surface area contributed by atoms with Gasteiger partial charge in [0, 0.05) is 29.2 Å². The fraction of sp³-hybridized carbons (Fsp3) is 0.263. The Kier molecular flexibility index (Phi) is 5.36. The zero-order valence-corrected chi connectivity index (χ0v) is 15.8. The third-order valence-electron chi connectivity index (χ3n) is 4.23. The maximum Gasteiger partial charge on any atom is 0.325 e. The Morgan fingerprint density at radius 1 is 1.26 bits per heavy atom. The van der Waals surface area contributed by atoms with Crippen molar-refractivity contribution in [3.63, 3.8) is 0 Å².